The minimum absolute atomic E-state index is 0. The van der Waals surface area contributed by atoms with Crippen LogP contribution in [0.4, 0.5) is 0 Å². The molecular weight excluding hydrogens is 190 g/mol. The third-order valence-corrected chi connectivity index (χ3v) is 2.79. The molecule has 0 heterocycles. The smallest absolute Gasteiger partial charge is 0.0783 e. The predicted molar refractivity (Wildman–Crippen MR) is 69.7 cm³/mol. The van der Waals surface area contributed by atoms with Crippen LogP contribution in [0, 0.1) is 0 Å². The molecule has 0 N–H and O–H groups in total. The highest BCUT2D eigenvalue weighted by molar-refractivity contribution is 7.37. The lowest BCUT2D eigenvalue weighted by Gasteiger charge is -2.38. The second-order valence-electron chi connectivity index (χ2n) is 4.24. The minimum atomic E-state index is 0. The van der Waals surface area contributed by atoms with Crippen molar-refractivity contribution in [1.29, 1.82) is 0 Å². The van der Waals surface area contributed by atoms with Crippen LogP contribution in [0.5, 0.6) is 0 Å². The molecule has 14 heavy (non-hydrogen) atoms. The van der Waals surface area contributed by atoms with Crippen LogP contribution in [-0.2, 0) is 13.5 Å². The van der Waals surface area contributed by atoms with Crippen molar-refractivity contribution in [2.45, 2.75) is 53.4 Å². The molecule has 0 spiro atoms. The van der Waals surface area contributed by atoms with E-state index < -0.39 is 0 Å². The Hall–Kier alpha value is 0.310. The predicted octanol–water partition coefficient (Wildman–Crippen LogP) is 3.17. The summed E-state index contributed by atoms with van der Waals surface area (Å²) in [5.41, 5.74) is 0. The van der Waals surface area contributed by atoms with Crippen molar-refractivity contribution in [2.24, 2.45) is 0 Å². The summed E-state index contributed by atoms with van der Waals surface area (Å²) in [7, 11) is 0. The first-order valence-corrected chi connectivity index (χ1v) is 6.09. The first-order chi connectivity index (χ1) is 6.24. The van der Waals surface area contributed by atoms with Crippen LogP contribution in [0.1, 0.15) is 53.4 Å². The topological polar surface area (TPSA) is 0 Å². The summed E-state index contributed by atoms with van der Waals surface area (Å²) in [6.07, 6.45) is 5.33. The normalized spacial score (nSPS) is 11.1. The zero-order valence-corrected chi connectivity index (χ0v) is 11.4. The van der Waals surface area contributed by atoms with Crippen molar-refractivity contribution in [3.63, 3.8) is 0 Å². The lowest BCUT2D eigenvalue weighted by atomic mass is 10.2. The van der Waals surface area contributed by atoms with Gasteiger partial charge >= 0.3 is 0 Å². The zero-order chi connectivity index (χ0) is 10.2. The monoisotopic (exact) mass is 219 g/mol. The fraction of sp³-hybridized carbons (Fsp3) is 1.00. The van der Waals surface area contributed by atoms with Gasteiger partial charge in [0.25, 0.3) is 0 Å². The molecule has 2 heteroatoms. The van der Waals surface area contributed by atoms with E-state index in [4.69, 9.17) is 0 Å². The average Bonchev–Trinajstić information content (AvgIpc) is 2.06. The fourth-order valence-corrected chi connectivity index (χ4v) is 2.57. The third kappa shape index (κ3) is 5.92. The Balaban J connectivity index is 0. The number of quaternary nitrogens is 1. The molecule has 0 radical (unpaired) electrons. The maximum atomic E-state index is 2.31. The van der Waals surface area contributed by atoms with E-state index in [1.54, 1.807) is 0 Å². The Morgan fingerprint density at radius 1 is 0.571 bits per heavy atom. The van der Waals surface area contributed by atoms with Gasteiger partial charge in [0.1, 0.15) is 0 Å². The summed E-state index contributed by atoms with van der Waals surface area (Å²) in [6.45, 7) is 14.8. The average molecular weight is 219 g/mol. The Morgan fingerprint density at radius 2 is 0.786 bits per heavy atom. The van der Waals surface area contributed by atoms with Gasteiger partial charge in [-0.3, -0.25) is 0 Å². The molecule has 0 aromatic rings. The van der Waals surface area contributed by atoms with E-state index in [0.29, 0.717) is 0 Å². The molecule has 1 nitrogen and oxygen atoms in total. The summed E-state index contributed by atoms with van der Waals surface area (Å²) >= 11 is 0. The number of hydrogen-bond acceptors (Lipinski definition) is 1. The second kappa shape index (κ2) is 9.85. The summed E-state index contributed by atoms with van der Waals surface area (Å²) in [5.74, 6) is 0. The highest BCUT2D eigenvalue weighted by Crippen LogP contribution is 2.12. The molecule has 0 bridgehead atoms. The van der Waals surface area contributed by atoms with Crippen molar-refractivity contribution < 1.29 is 4.48 Å². The maximum absolute atomic E-state index is 2.31. The fourth-order valence-electron chi connectivity index (χ4n) is 2.57. The highest BCUT2D eigenvalue weighted by atomic mass is 32.1. The standard InChI is InChI=1S/C12H28N.H2S/c1-5-9-13(10-6-2,11-7-3)12-8-4;/h5-12H2,1-4H3;1H2/q+1;/p-1. The van der Waals surface area contributed by atoms with Crippen LogP contribution in [0.25, 0.3) is 0 Å². The molecule has 0 atom stereocenters. The van der Waals surface area contributed by atoms with E-state index in [-0.39, 0.29) is 13.5 Å². The molecule has 0 aromatic heterocycles. The lowest BCUT2D eigenvalue weighted by molar-refractivity contribution is -0.928. The van der Waals surface area contributed by atoms with E-state index in [2.05, 4.69) is 27.7 Å². The molecular formula is C12H29NS. The van der Waals surface area contributed by atoms with Crippen molar-refractivity contribution in [1.82, 2.24) is 0 Å². The molecule has 0 aliphatic heterocycles. The van der Waals surface area contributed by atoms with Gasteiger partial charge in [0, 0.05) is 0 Å². The van der Waals surface area contributed by atoms with Crippen molar-refractivity contribution in [3.8, 4) is 0 Å². The molecule has 0 rings (SSSR count). The Kier molecular flexibility index (Phi) is 11.8. The van der Waals surface area contributed by atoms with E-state index in [1.165, 1.54) is 56.3 Å². The van der Waals surface area contributed by atoms with Gasteiger partial charge < -0.3 is 18.0 Å². The Bertz CT molecular complexity index is 85.4. The Morgan fingerprint density at radius 3 is 0.929 bits per heavy atom. The summed E-state index contributed by atoms with van der Waals surface area (Å²) in [6, 6.07) is 0. The number of nitrogens with zero attached hydrogens (tertiary/aromatic N) is 1. The van der Waals surface area contributed by atoms with E-state index in [1.807, 2.05) is 0 Å². The molecule has 0 aromatic carbocycles. The first kappa shape index (κ1) is 16.7. The largest absolute Gasteiger partial charge is 0.813 e. The first-order valence-electron chi connectivity index (χ1n) is 6.09. The van der Waals surface area contributed by atoms with Gasteiger partial charge in [-0.2, -0.15) is 0 Å². The number of rotatable bonds is 8. The molecule has 0 saturated carbocycles. The molecule has 0 fully saturated rings. The second-order valence-corrected chi connectivity index (χ2v) is 4.24. The molecule has 0 aliphatic rings. The van der Waals surface area contributed by atoms with Crippen LogP contribution in [-0.4, -0.2) is 30.7 Å². The summed E-state index contributed by atoms with van der Waals surface area (Å²) in [5, 5.41) is 0. The van der Waals surface area contributed by atoms with Crippen molar-refractivity contribution >= 4 is 13.5 Å². The van der Waals surface area contributed by atoms with Crippen LogP contribution in [0.15, 0.2) is 0 Å². The van der Waals surface area contributed by atoms with Gasteiger partial charge in [-0.05, 0) is 25.7 Å². The lowest BCUT2D eigenvalue weighted by Crippen LogP contribution is -2.50. The van der Waals surface area contributed by atoms with E-state index >= 15 is 0 Å². The van der Waals surface area contributed by atoms with Gasteiger partial charge in [0.2, 0.25) is 0 Å². The molecule has 0 saturated heterocycles. The van der Waals surface area contributed by atoms with Crippen LogP contribution < -0.4 is 0 Å². The van der Waals surface area contributed by atoms with E-state index in [9.17, 15) is 0 Å². The summed E-state index contributed by atoms with van der Waals surface area (Å²) in [4.78, 5) is 0. The third-order valence-electron chi connectivity index (χ3n) is 2.79. The molecule has 88 valence electrons. The maximum Gasteiger partial charge on any atom is 0.0783 e. The van der Waals surface area contributed by atoms with Crippen LogP contribution in [0.3, 0.4) is 0 Å². The quantitative estimate of drug-likeness (QED) is 0.343. The van der Waals surface area contributed by atoms with Gasteiger partial charge in [0.15, 0.2) is 0 Å². The SMILES string of the molecule is CCC[N+](CCC)(CCC)CCC.[SH-]. The Labute approximate surface area is 97.9 Å². The highest BCUT2D eigenvalue weighted by Gasteiger charge is 2.22. The molecule has 0 unspecified atom stereocenters. The van der Waals surface area contributed by atoms with Gasteiger partial charge in [-0.1, -0.05) is 27.7 Å². The number of hydrogen-bond donors (Lipinski definition) is 0. The van der Waals surface area contributed by atoms with Gasteiger partial charge in [0.05, 0.1) is 26.2 Å². The summed E-state index contributed by atoms with van der Waals surface area (Å²) < 4.78 is 1.38. The molecule has 0 aliphatic carbocycles. The number of thiol groups is 1. The van der Waals surface area contributed by atoms with Gasteiger partial charge in [-0.25, -0.2) is 0 Å². The zero-order valence-electron chi connectivity index (χ0n) is 10.6. The van der Waals surface area contributed by atoms with Crippen molar-refractivity contribution in [3.05, 3.63) is 0 Å². The van der Waals surface area contributed by atoms with Crippen molar-refractivity contribution in [2.75, 3.05) is 26.2 Å². The van der Waals surface area contributed by atoms with Crippen LogP contribution in [0.2, 0.25) is 0 Å². The molecule has 0 amide bonds. The van der Waals surface area contributed by atoms with Crippen LogP contribution >= 0.6 is 0 Å². The van der Waals surface area contributed by atoms with Gasteiger partial charge in [-0.15, -0.1) is 0 Å². The van der Waals surface area contributed by atoms with E-state index in [0.717, 1.165) is 0 Å². The minimum Gasteiger partial charge on any atom is -0.813 e.